The first-order chi connectivity index (χ1) is 5.90. The second-order valence-electron chi connectivity index (χ2n) is 3.51. The fourth-order valence-electron chi connectivity index (χ4n) is 1.89. The van der Waals surface area contributed by atoms with E-state index in [1.165, 1.54) is 18.1 Å². The van der Waals surface area contributed by atoms with Crippen LogP contribution in [0, 0.1) is 0 Å². The van der Waals surface area contributed by atoms with Crippen molar-refractivity contribution in [2.24, 2.45) is 0 Å². The number of hydrogen-bond donors (Lipinski definition) is 2. The molecule has 2 N–H and O–H groups in total. The number of nitrogens with zero attached hydrogens (tertiary/aromatic N) is 1. The van der Waals surface area contributed by atoms with Crippen LogP contribution < -0.4 is 5.32 Å². The lowest BCUT2D eigenvalue weighted by Gasteiger charge is -2.42. The van der Waals surface area contributed by atoms with Crippen LogP contribution in [0.25, 0.3) is 0 Å². The third-order valence-electron chi connectivity index (χ3n) is 2.67. The fraction of sp³-hybridized carbons (Fsp3) is 1.00. The summed E-state index contributed by atoms with van der Waals surface area (Å²) in [6, 6.07) is 1.02. The lowest BCUT2D eigenvalue weighted by atomic mass is 10.1. The number of rotatable bonds is 1. The molecule has 2 heterocycles. The highest BCUT2D eigenvalue weighted by Gasteiger charge is 2.29. The molecule has 2 rings (SSSR count). The molecule has 4 heteroatoms. The van der Waals surface area contributed by atoms with Gasteiger partial charge in [-0.1, -0.05) is 0 Å². The summed E-state index contributed by atoms with van der Waals surface area (Å²) in [5.74, 6) is 2.51. The molecule has 3 nitrogen and oxygen atoms in total. The lowest BCUT2D eigenvalue weighted by molar-refractivity contribution is 0.114. The molecule has 0 aromatic heterocycles. The molecule has 0 aromatic carbocycles. The van der Waals surface area contributed by atoms with E-state index in [1.54, 1.807) is 0 Å². The van der Waals surface area contributed by atoms with E-state index in [0.29, 0.717) is 12.1 Å². The van der Waals surface area contributed by atoms with Gasteiger partial charge in [-0.3, -0.25) is 4.90 Å². The number of nitrogens with one attached hydrogen (secondary N) is 1. The minimum Gasteiger partial charge on any atom is -0.395 e. The molecule has 0 unspecified atom stereocenters. The fourth-order valence-corrected chi connectivity index (χ4v) is 3.02. The molecule has 12 heavy (non-hydrogen) atoms. The van der Waals surface area contributed by atoms with E-state index < -0.39 is 0 Å². The van der Waals surface area contributed by atoms with Gasteiger partial charge in [0.25, 0.3) is 0 Å². The number of hydrogen-bond acceptors (Lipinski definition) is 4. The third kappa shape index (κ3) is 1.76. The monoisotopic (exact) mass is 188 g/mol. The Hall–Kier alpha value is 0.230. The number of aliphatic hydroxyl groups is 1. The molecule has 70 valence electrons. The number of fused-ring (bicyclic) bond motifs is 1. The number of thioether (sulfide) groups is 1. The van der Waals surface area contributed by atoms with Crippen molar-refractivity contribution in [1.29, 1.82) is 0 Å². The summed E-state index contributed by atoms with van der Waals surface area (Å²) in [5.41, 5.74) is 0. The summed E-state index contributed by atoms with van der Waals surface area (Å²) in [4.78, 5) is 2.51. The minimum absolute atomic E-state index is 0.274. The zero-order valence-corrected chi connectivity index (χ0v) is 8.02. The highest BCUT2D eigenvalue weighted by atomic mass is 32.2. The van der Waals surface area contributed by atoms with Crippen molar-refractivity contribution in [1.82, 2.24) is 10.2 Å². The van der Waals surface area contributed by atoms with E-state index in [1.807, 2.05) is 11.8 Å². The second-order valence-corrected chi connectivity index (χ2v) is 4.66. The van der Waals surface area contributed by atoms with Crippen molar-refractivity contribution in [3.05, 3.63) is 0 Å². The van der Waals surface area contributed by atoms with Gasteiger partial charge in [-0.2, -0.15) is 11.8 Å². The molecule has 2 saturated heterocycles. The van der Waals surface area contributed by atoms with E-state index in [0.717, 1.165) is 13.1 Å². The molecule has 0 saturated carbocycles. The first kappa shape index (κ1) is 8.81. The Morgan fingerprint density at radius 2 is 2.50 bits per heavy atom. The first-order valence-corrected chi connectivity index (χ1v) is 5.71. The van der Waals surface area contributed by atoms with Crippen molar-refractivity contribution in [3.63, 3.8) is 0 Å². The second kappa shape index (κ2) is 3.96. The standard InChI is InChI=1S/C8H16N2OS/c11-5-7-4-10-1-2-12-6-8(10)3-9-7/h7-9,11H,1-6H2/t7-,8+/m1/s1. The summed E-state index contributed by atoms with van der Waals surface area (Å²) < 4.78 is 0. The third-order valence-corrected chi connectivity index (χ3v) is 3.76. The molecule has 0 aliphatic carbocycles. The number of aliphatic hydroxyl groups excluding tert-OH is 1. The van der Waals surface area contributed by atoms with Gasteiger partial charge in [0.2, 0.25) is 0 Å². The molecule has 2 fully saturated rings. The van der Waals surface area contributed by atoms with Gasteiger partial charge in [0, 0.05) is 43.2 Å². The Balaban J connectivity index is 1.90. The van der Waals surface area contributed by atoms with Crippen LogP contribution in [-0.4, -0.2) is 59.8 Å². The van der Waals surface area contributed by atoms with Crippen LogP contribution in [0.5, 0.6) is 0 Å². The van der Waals surface area contributed by atoms with Crippen LogP contribution in [-0.2, 0) is 0 Å². The van der Waals surface area contributed by atoms with E-state index >= 15 is 0 Å². The molecular weight excluding hydrogens is 172 g/mol. The minimum atomic E-state index is 0.274. The number of piperazine rings is 1. The van der Waals surface area contributed by atoms with Gasteiger partial charge in [0.15, 0.2) is 0 Å². The molecule has 0 amide bonds. The van der Waals surface area contributed by atoms with E-state index in [-0.39, 0.29) is 6.61 Å². The summed E-state index contributed by atoms with van der Waals surface area (Å²) in [6.45, 7) is 3.56. The Morgan fingerprint density at radius 3 is 3.33 bits per heavy atom. The van der Waals surface area contributed by atoms with Crippen LogP contribution in [0.4, 0.5) is 0 Å². The van der Waals surface area contributed by atoms with E-state index in [4.69, 9.17) is 5.11 Å². The Morgan fingerprint density at radius 1 is 1.58 bits per heavy atom. The quantitative estimate of drug-likeness (QED) is 0.574. The van der Waals surface area contributed by atoms with E-state index in [2.05, 4.69) is 10.2 Å². The van der Waals surface area contributed by atoms with Gasteiger partial charge in [-0.25, -0.2) is 0 Å². The Labute approximate surface area is 77.5 Å². The topological polar surface area (TPSA) is 35.5 Å². The molecular formula is C8H16N2OS. The molecule has 2 atom stereocenters. The molecule has 0 bridgehead atoms. The summed E-state index contributed by atoms with van der Waals surface area (Å²) >= 11 is 2.05. The highest BCUT2D eigenvalue weighted by Crippen LogP contribution is 2.18. The maximum Gasteiger partial charge on any atom is 0.0597 e. The van der Waals surface area contributed by atoms with Gasteiger partial charge >= 0.3 is 0 Å². The van der Waals surface area contributed by atoms with Crippen LogP contribution in [0.15, 0.2) is 0 Å². The normalized spacial score (nSPS) is 37.8. The van der Waals surface area contributed by atoms with Gasteiger partial charge in [-0.15, -0.1) is 0 Å². The Kier molecular flexibility index (Phi) is 2.91. The summed E-state index contributed by atoms with van der Waals surface area (Å²) in [6.07, 6.45) is 0. The van der Waals surface area contributed by atoms with E-state index in [9.17, 15) is 0 Å². The molecule has 2 aliphatic rings. The van der Waals surface area contributed by atoms with Gasteiger partial charge < -0.3 is 10.4 Å². The highest BCUT2D eigenvalue weighted by molar-refractivity contribution is 7.99. The SMILES string of the molecule is OC[C@H]1CN2CCSC[C@@H]2CN1. The molecule has 2 aliphatic heterocycles. The lowest BCUT2D eigenvalue weighted by Crippen LogP contribution is -2.60. The molecule has 0 radical (unpaired) electrons. The first-order valence-electron chi connectivity index (χ1n) is 4.56. The van der Waals surface area contributed by atoms with Crippen LogP contribution in [0.1, 0.15) is 0 Å². The van der Waals surface area contributed by atoms with Crippen molar-refractivity contribution in [3.8, 4) is 0 Å². The van der Waals surface area contributed by atoms with Gasteiger partial charge in [0.1, 0.15) is 0 Å². The summed E-state index contributed by atoms with van der Waals surface area (Å²) in [7, 11) is 0. The van der Waals surface area contributed by atoms with Crippen LogP contribution >= 0.6 is 11.8 Å². The maximum absolute atomic E-state index is 8.99. The smallest absolute Gasteiger partial charge is 0.0597 e. The van der Waals surface area contributed by atoms with Crippen molar-refractivity contribution in [2.45, 2.75) is 12.1 Å². The maximum atomic E-state index is 8.99. The Bertz CT molecular complexity index is 156. The zero-order valence-electron chi connectivity index (χ0n) is 7.20. The van der Waals surface area contributed by atoms with Crippen molar-refractivity contribution in [2.75, 3.05) is 37.7 Å². The van der Waals surface area contributed by atoms with Crippen molar-refractivity contribution < 1.29 is 5.11 Å². The molecule has 0 spiro atoms. The van der Waals surface area contributed by atoms with Crippen molar-refractivity contribution >= 4 is 11.8 Å². The molecule has 0 aromatic rings. The largest absolute Gasteiger partial charge is 0.395 e. The van der Waals surface area contributed by atoms with Crippen LogP contribution in [0.2, 0.25) is 0 Å². The average Bonchev–Trinajstić information content (AvgIpc) is 2.17. The zero-order chi connectivity index (χ0) is 8.39. The predicted octanol–water partition coefficient (Wildman–Crippen LogP) is -0.632. The van der Waals surface area contributed by atoms with Gasteiger partial charge in [0.05, 0.1) is 6.61 Å². The van der Waals surface area contributed by atoms with Gasteiger partial charge in [-0.05, 0) is 0 Å². The predicted molar refractivity (Wildman–Crippen MR) is 51.6 cm³/mol. The van der Waals surface area contributed by atoms with Crippen LogP contribution in [0.3, 0.4) is 0 Å². The summed E-state index contributed by atoms with van der Waals surface area (Å²) in [5, 5.41) is 12.3. The average molecular weight is 188 g/mol.